The molecule has 0 fully saturated rings. The van der Waals surface area contributed by atoms with E-state index in [-0.39, 0.29) is 5.82 Å². The quantitative estimate of drug-likeness (QED) is 0.750. The van der Waals surface area contributed by atoms with Crippen LogP contribution >= 0.6 is 0 Å². The zero-order valence-electron chi connectivity index (χ0n) is 7.88. The van der Waals surface area contributed by atoms with Crippen LogP contribution in [0.15, 0.2) is 12.4 Å². The largest absolute Gasteiger partial charge is 0.433 e. The Morgan fingerprint density at radius 2 is 2.07 bits per heavy atom. The number of hydrogen-bond acceptors (Lipinski definition) is 4. The van der Waals surface area contributed by atoms with Crippen molar-refractivity contribution in [1.29, 1.82) is 0 Å². The lowest BCUT2D eigenvalue weighted by atomic mass is 10.3. The van der Waals surface area contributed by atoms with Crippen LogP contribution in [0, 0.1) is 0 Å². The minimum absolute atomic E-state index is 0.158. The minimum atomic E-state index is -4.44. The lowest BCUT2D eigenvalue weighted by molar-refractivity contribution is -0.141. The van der Waals surface area contributed by atoms with Gasteiger partial charge in [-0.05, 0) is 13.0 Å². The van der Waals surface area contributed by atoms with Gasteiger partial charge in [-0.15, -0.1) is 0 Å². The Kier molecular flexibility index (Phi) is 3.84. The minimum Gasteiger partial charge on any atom is -0.370 e. The molecule has 0 saturated carbocycles. The molecule has 1 rings (SSSR count). The highest BCUT2D eigenvalue weighted by Gasteiger charge is 2.32. The second-order valence-corrected chi connectivity index (χ2v) is 2.86. The molecule has 0 aliphatic heterocycles. The molecule has 1 heterocycles. The highest BCUT2D eigenvalue weighted by atomic mass is 19.4. The van der Waals surface area contributed by atoms with Gasteiger partial charge in [-0.2, -0.15) is 13.2 Å². The van der Waals surface area contributed by atoms with Crippen LogP contribution in [0.5, 0.6) is 0 Å². The molecule has 0 bridgehead atoms. The third-order valence-corrected chi connectivity index (χ3v) is 1.64. The number of nitrogens with one attached hydrogen (secondary N) is 1. The zero-order valence-corrected chi connectivity index (χ0v) is 7.88. The Morgan fingerprint density at radius 1 is 1.33 bits per heavy atom. The number of rotatable bonds is 4. The first kappa shape index (κ1) is 11.7. The number of aromatic nitrogens is 2. The fourth-order valence-corrected chi connectivity index (χ4v) is 0.928. The average Bonchev–Trinajstić information content (AvgIpc) is 2.17. The lowest BCUT2D eigenvalue weighted by Gasteiger charge is -2.08. The summed E-state index contributed by atoms with van der Waals surface area (Å²) < 4.78 is 36.7. The van der Waals surface area contributed by atoms with E-state index in [4.69, 9.17) is 5.73 Å². The first-order valence-electron chi connectivity index (χ1n) is 4.37. The number of nitrogens with two attached hydrogens (primary N) is 1. The fraction of sp³-hybridized carbons (Fsp3) is 0.500. The van der Waals surface area contributed by atoms with Crippen LogP contribution in [-0.4, -0.2) is 23.1 Å². The molecule has 0 radical (unpaired) electrons. The predicted octanol–water partition coefficient (Wildman–Crippen LogP) is 1.26. The summed E-state index contributed by atoms with van der Waals surface area (Å²) in [5.74, 6) is 0.158. The van der Waals surface area contributed by atoms with E-state index in [0.29, 0.717) is 19.5 Å². The van der Waals surface area contributed by atoms with Gasteiger partial charge in [-0.1, -0.05) is 0 Å². The predicted molar refractivity (Wildman–Crippen MR) is 49.2 cm³/mol. The van der Waals surface area contributed by atoms with Gasteiger partial charge in [0.1, 0.15) is 17.8 Å². The number of anilines is 1. The van der Waals surface area contributed by atoms with Gasteiger partial charge in [0.05, 0.1) is 0 Å². The first-order valence-corrected chi connectivity index (χ1v) is 4.37. The summed E-state index contributed by atoms with van der Waals surface area (Å²) >= 11 is 0. The molecule has 3 N–H and O–H groups in total. The highest BCUT2D eigenvalue weighted by Crippen LogP contribution is 2.27. The maximum atomic E-state index is 12.2. The number of nitrogens with zero attached hydrogens (tertiary/aromatic N) is 2. The van der Waals surface area contributed by atoms with Crippen LogP contribution in [0.1, 0.15) is 12.1 Å². The molecular formula is C8H11F3N4. The monoisotopic (exact) mass is 220 g/mol. The van der Waals surface area contributed by atoms with Gasteiger partial charge in [0.25, 0.3) is 0 Å². The van der Waals surface area contributed by atoms with Crippen molar-refractivity contribution in [3.05, 3.63) is 18.1 Å². The summed E-state index contributed by atoms with van der Waals surface area (Å²) in [6, 6.07) is 0.872. The van der Waals surface area contributed by atoms with Gasteiger partial charge in [-0.25, -0.2) is 9.97 Å². The second-order valence-electron chi connectivity index (χ2n) is 2.86. The molecule has 1 aromatic rings. The number of halogens is 3. The lowest BCUT2D eigenvalue weighted by Crippen LogP contribution is -2.12. The summed E-state index contributed by atoms with van der Waals surface area (Å²) in [6.45, 7) is 0.967. The summed E-state index contributed by atoms with van der Waals surface area (Å²) in [4.78, 5) is 6.80. The molecule has 7 heteroatoms. The Hall–Kier alpha value is -1.37. The fourth-order valence-electron chi connectivity index (χ4n) is 0.928. The molecule has 0 atom stereocenters. The van der Waals surface area contributed by atoms with E-state index >= 15 is 0 Å². The molecule has 0 aliphatic carbocycles. The standard InChI is InChI=1S/C8H11F3N4/c9-8(10,11)6-4-7(15-5-14-6)13-3-1-2-12/h4-5H,1-3,12H2,(H,13,14,15). The highest BCUT2D eigenvalue weighted by molar-refractivity contribution is 5.35. The van der Waals surface area contributed by atoms with E-state index in [1.54, 1.807) is 0 Å². The Balaban J connectivity index is 2.66. The molecule has 4 nitrogen and oxygen atoms in total. The maximum absolute atomic E-state index is 12.2. The third-order valence-electron chi connectivity index (χ3n) is 1.64. The summed E-state index contributed by atoms with van der Waals surface area (Å²) in [5, 5.41) is 2.73. The molecule has 0 saturated heterocycles. The third kappa shape index (κ3) is 3.70. The van der Waals surface area contributed by atoms with Crippen LogP contribution in [0.25, 0.3) is 0 Å². The van der Waals surface area contributed by atoms with E-state index in [2.05, 4.69) is 15.3 Å². The van der Waals surface area contributed by atoms with Crippen LogP contribution < -0.4 is 11.1 Å². The molecule has 0 aliphatic rings. The van der Waals surface area contributed by atoms with Crippen LogP contribution in [-0.2, 0) is 6.18 Å². The average molecular weight is 220 g/mol. The van der Waals surface area contributed by atoms with E-state index in [0.717, 1.165) is 12.4 Å². The Labute approximate surface area is 84.7 Å². The molecule has 0 unspecified atom stereocenters. The summed E-state index contributed by atoms with van der Waals surface area (Å²) in [5.41, 5.74) is 4.29. The topological polar surface area (TPSA) is 63.8 Å². The molecule has 0 amide bonds. The van der Waals surface area contributed by atoms with Gasteiger partial charge >= 0.3 is 6.18 Å². The summed E-state index contributed by atoms with van der Waals surface area (Å²) in [6.07, 6.45) is -2.88. The Morgan fingerprint density at radius 3 is 2.67 bits per heavy atom. The van der Waals surface area contributed by atoms with Gasteiger partial charge < -0.3 is 11.1 Å². The normalized spacial score (nSPS) is 11.5. The van der Waals surface area contributed by atoms with Gasteiger partial charge in [0.2, 0.25) is 0 Å². The smallest absolute Gasteiger partial charge is 0.370 e. The molecular weight excluding hydrogens is 209 g/mol. The van der Waals surface area contributed by atoms with Crippen LogP contribution in [0.3, 0.4) is 0 Å². The van der Waals surface area contributed by atoms with Crippen molar-refractivity contribution in [2.45, 2.75) is 12.6 Å². The van der Waals surface area contributed by atoms with Crippen molar-refractivity contribution in [2.75, 3.05) is 18.4 Å². The van der Waals surface area contributed by atoms with Crippen LogP contribution in [0.2, 0.25) is 0 Å². The van der Waals surface area contributed by atoms with Crippen molar-refractivity contribution in [2.24, 2.45) is 5.73 Å². The molecule has 0 aromatic carbocycles. The van der Waals surface area contributed by atoms with Gasteiger partial charge in [0.15, 0.2) is 0 Å². The van der Waals surface area contributed by atoms with Crippen molar-refractivity contribution in [1.82, 2.24) is 9.97 Å². The van der Waals surface area contributed by atoms with Crippen molar-refractivity contribution >= 4 is 5.82 Å². The number of alkyl halides is 3. The first-order chi connectivity index (χ1) is 7.04. The zero-order chi connectivity index (χ0) is 11.3. The Bertz CT molecular complexity index is 313. The van der Waals surface area contributed by atoms with E-state index in [1.807, 2.05) is 0 Å². The van der Waals surface area contributed by atoms with Crippen molar-refractivity contribution in [3.63, 3.8) is 0 Å². The van der Waals surface area contributed by atoms with Gasteiger partial charge in [-0.3, -0.25) is 0 Å². The van der Waals surface area contributed by atoms with Crippen LogP contribution in [0.4, 0.5) is 19.0 Å². The van der Waals surface area contributed by atoms with Gasteiger partial charge in [0, 0.05) is 12.6 Å². The second kappa shape index (κ2) is 4.92. The van der Waals surface area contributed by atoms with E-state index in [1.165, 1.54) is 0 Å². The SMILES string of the molecule is NCCCNc1cc(C(F)(F)F)ncn1. The van der Waals surface area contributed by atoms with E-state index < -0.39 is 11.9 Å². The molecule has 15 heavy (non-hydrogen) atoms. The van der Waals surface area contributed by atoms with Crippen molar-refractivity contribution in [3.8, 4) is 0 Å². The van der Waals surface area contributed by atoms with Crippen molar-refractivity contribution < 1.29 is 13.2 Å². The van der Waals surface area contributed by atoms with E-state index in [9.17, 15) is 13.2 Å². The molecule has 0 spiro atoms. The molecule has 1 aromatic heterocycles. The summed E-state index contributed by atoms with van der Waals surface area (Å²) in [7, 11) is 0. The number of hydrogen-bond donors (Lipinski definition) is 2. The maximum Gasteiger partial charge on any atom is 0.433 e. The molecule has 84 valence electrons.